The summed E-state index contributed by atoms with van der Waals surface area (Å²) < 4.78 is 0. The molecule has 3 heteroatoms. The minimum atomic E-state index is 0.772. The van der Waals surface area contributed by atoms with Gasteiger partial charge in [0.2, 0.25) is 0 Å². The number of aromatic nitrogens is 1. The number of nitrogens with zero attached hydrogens (tertiary/aromatic N) is 2. The summed E-state index contributed by atoms with van der Waals surface area (Å²) >= 11 is 0. The first kappa shape index (κ1) is 14.3. The molecule has 106 valence electrons. The van der Waals surface area contributed by atoms with Crippen LogP contribution in [-0.2, 0) is 6.54 Å². The molecule has 1 aromatic heterocycles. The van der Waals surface area contributed by atoms with Gasteiger partial charge in [0.1, 0.15) is 0 Å². The van der Waals surface area contributed by atoms with E-state index < -0.39 is 0 Å². The average molecular weight is 261 g/mol. The second kappa shape index (κ2) is 6.38. The van der Waals surface area contributed by atoms with E-state index >= 15 is 0 Å². The molecule has 1 N–H and O–H groups in total. The van der Waals surface area contributed by atoms with E-state index in [9.17, 15) is 0 Å². The zero-order chi connectivity index (χ0) is 13.8. The molecule has 19 heavy (non-hydrogen) atoms. The molecule has 3 nitrogen and oxygen atoms in total. The van der Waals surface area contributed by atoms with E-state index in [-0.39, 0.29) is 0 Å². The molecule has 0 aromatic carbocycles. The van der Waals surface area contributed by atoms with Gasteiger partial charge < -0.3 is 10.2 Å². The van der Waals surface area contributed by atoms with E-state index in [4.69, 9.17) is 0 Å². The first-order valence-electron chi connectivity index (χ1n) is 7.53. The van der Waals surface area contributed by atoms with Gasteiger partial charge in [-0.1, -0.05) is 20.8 Å². The zero-order valence-corrected chi connectivity index (χ0v) is 12.7. The predicted octanol–water partition coefficient (Wildman–Crippen LogP) is 2.98. The molecule has 0 spiro atoms. The van der Waals surface area contributed by atoms with Crippen LogP contribution in [0.5, 0.6) is 0 Å². The Hall–Kier alpha value is -1.09. The highest BCUT2D eigenvalue weighted by atomic mass is 15.1. The summed E-state index contributed by atoms with van der Waals surface area (Å²) in [5, 5.41) is 3.42. The second-order valence-corrected chi connectivity index (χ2v) is 5.92. The first-order valence-corrected chi connectivity index (χ1v) is 7.53. The van der Waals surface area contributed by atoms with Crippen LogP contribution in [-0.4, -0.2) is 24.6 Å². The van der Waals surface area contributed by atoms with Crippen molar-refractivity contribution < 1.29 is 0 Å². The lowest BCUT2D eigenvalue weighted by Gasteiger charge is -2.37. The van der Waals surface area contributed by atoms with E-state index in [0.29, 0.717) is 0 Å². The van der Waals surface area contributed by atoms with E-state index in [1.165, 1.54) is 30.8 Å². The molecule has 0 aliphatic carbocycles. The van der Waals surface area contributed by atoms with Crippen molar-refractivity contribution in [1.29, 1.82) is 0 Å². The van der Waals surface area contributed by atoms with Crippen LogP contribution >= 0.6 is 0 Å². The number of anilines is 1. The maximum atomic E-state index is 4.45. The van der Waals surface area contributed by atoms with Gasteiger partial charge in [-0.3, -0.25) is 4.98 Å². The molecule has 1 aromatic rings. The van der Waals surface area contributed by atoms with Gasteiger partial charge in [0.05, 0.1) is 0 Å². The number of piperidine rings is 1. The molecule has 0 saturated carbocycles. The minimum Gasteiger partial charge on any atom is -0.371 e. The van der Waals surface area contributed by atoms with Gasteiger partial charge in [0.15, 0.2) is 0 Å². The van der Waals surface area contributed by atoms with Crippen LogP contribution in [0.1, 0.15) is 38.4 Å². The Morgan fingerprint density at radius 3 is 2.84 bits per heavy atom. The Balaban J connectivity index is 2.19. The van der Waals surface area contributed by atoms with Gasteiger partial charge in [-0.2, -0.15) is 0 Å². The number of hydrogen-bond acceptors (Lipinski definition) is 3. The molecular weight excluding hydrogens is 234 g/mol. The van der Waals surface area contributed by atoms with Crippen LogP contribution < -0.4 is 10.2 Å². The van der Waals surface area contributed by atoms with Crippen molar-refractivity contribution in [2.24, 2.45) is 11.8 Å². The van der Waals surface area contributed by atoms with Gasteiger partial charge in [-0.25, -0.2) is 0 Å². The summed E-state index contributed by atoms with van der Waals surface area (Å²) in [6.45, 7) is 13.2. The lowest BCUT2D eigenvalue weighted by molar-refractivity contribution is 0.323. The van der Waals surface area contributed by atoms with E-state index in [2.05, 4.69) is 49.0 Å². The Kier molecular flexibility index (Phi) is 4.81. The summed E-state index contributed by atoms with van der Waals surface area (Å²) in [5.41, 5.74) is 3.82. The molecular formula is C16H27N3. The highest BCUT2D eigenvalue weighted by Gasteiger charge is 2.24. The molecule has 0 amide bonds. The van der Waals surface area contributed by atoms with Crippen LogP contribution in [0.3, 0.4) is 0 Å². The fraction of sp³-hybridized carbons (Fsp3) is 0.688. The summed E-state index contributed by atoms with van der Waals surface area (Å²) in [6.07, 6.45) is 3.33. The smallest absolute Gasteiger partial charge is 0.0445 e. The standard InChI is InChI=1S/C16H27N3/c1-5-17-9-15-10-18-14(4)8-16(15)19-7-6-12(2)13(3)11-19/h8,10,12-13,17H,5-7,9,11H2,1-4H3. The molecule has 0 radical (unpaired) electrons. The highest BCUT2D eigenvalue weighted by Crippen LogP contribution is 2.29. The molecule has 2 unspecified atom stereocenters. The summed E-state index contributed by atoms with van der Waals surface area (Å²) in [4.78, 5) is 7.00. The SMILES string of the molecule is CCNCc1cnc(C)cc1N1CCC(C)C(C)C1. The third-order valence-electron chi connectivity index (χ3n) is 4.34. The normalized spacial score (nSPS) is 23.7. The average Bonchev–Trinajstić information content (AvgIpc) is 2.40. The number of rotatable bonds is 4. The monoisotopic (exact) mass is 261 g/mol. The Bertz CT molecular complexity index is 416. The van der Waals surface area contributed by atoms with E-state index in [0.717, 1.165) is 30.6 Å². The fourth-order valence-electron chi connectivity index (χ4n) is 2.75. The van der Waals surface area contributed by atoms with Crippen molar-refractivity contribution >= 4 is 5.69 Å². The Morgan fingerprint density at radius 1 is 1.37 bits per heavy atom. The maximum Gasteiger partial charge on any atom is 0.0445 e. The molecule has 2 rings (SSSR count). The van der Waals surface area contributed by atoms with Crippen molar-refractivity contribution in [1.82, 2.24) is 10.3 Å². The molecule has 1 fully saturated rings. The highest BCUT2D eigenvalue weighted by molar-refractivity contribution is 5.54. The lowest BCUT2D eigenvalue weighted by atomic mass is 9.88. The largest absolute Gasteiger partial charge is 0.371 e. The number of pyridine rings is 1. The van der Waals surface area contributed by atoms with Crippen LogP contribution in [0.15, 0.2) is 12.3 Å². The molecule has 1 saturated heterocycles. The molecule has 0 bridgehead atoms. The molecule has 2 heterocycles. The van der Waals surface area contributed by atoms with Crippen LogP contribution in [0.2, 0.25) is 0 Å². The van der Waals surface area contributed by atoms with E-state index in [1.807, 2.05) is 6.20 Å². The topological polar surface area (TPSA) is 28.2 Å². The number of nitrogens with one attached hydrogen (secondary N) is 1. The lowest BCUT2D eigenvalue weighted by Crippen LogP contribution is -2.39. The Morgan fingerprint density at radius 2 is 2.16 bits per heavy atom. The van der Waals surface area contributed by atoms with Crippen molar-refractivity contribution in [3.63, 3.8) is 0 Å². The van der Waals surface area contributed by atoms with E-state index in [1.54, 1.807) is 0 Å². The van der Waals surface area contributed by atoms with Gasteiger partial charge in [0, 0.05) is 42.8 Å². The van der Waals surface area contributed by atoms with Crippen LogP contribution in [0.4, 0.5) is 5.69 Å². The fourth-order valence-corrected chi connectivity index (χ4v) is 2.75. The van der Waals surface area contributed by atoms with Gasteiger partial charge >= 0.3 is 0 Å². The molecule has 1 aliphatic rings. The van der Waals surface area contributed by atoms with Gasteiger partial charge in [-0.15, -0.1) is 0 Å². The summed E-state index contributed by atoms with van der Waals surface area (Å²) in [6, 6.07) is 2.25. The van der Waals surface area contributed by atoms with Crippen molar-refractivity contribution in [3.05, 3.63) is 23.5 Å². The zero-order valence-electron chi connectivity index (χ0n) is 12.7. The van der Waals surface area contributed by atoms with Crippen molar-refractivity contribution in [2.75, 3.05) is 24.5 Å². The van der Waals surface area contributed by atoms with Crippen molar-refractivity contribution in [3.8, 4) is 0 Å². The van der Waals surface area contributed by atoms with Crippen LogP contribution in [0, 0.1) is 18.8 Å². The van der Waals surface area contributed by atoms with Gasteiger partial charge in [0.25, 0.3) is 0 Å². The summed E-state index contributed by atoms with van der Waals surface area (Å²) in [5.74, 6) is 1.62. The third kappa shape index (κ3) is 3.47. The Labute approximate surface area is 117 Å². The van der Waals surface area contributed by atoms with Crippen LogP contribution in [0.25, 0.3) is 0 Å². The van der Waals surface area contributed by atoms with Gasteiger partial charge in [-0.05, 0) is 37.8 Å². The first-order chi connectivity index (χ1) is 9.11. The molecule has 2 atom stereocenters. The maximum absolute atomic E-state index is 4.45. The quantitative estimate of drug-likeness (QED) is 0.903. The minimum absolute atomic E-state index is 0.772. The summed E-state index contributed by atoms with van der Waals surface area (Å²) in [7, 11) is 0. The molecule has 1 aliphatic heterocycles. The predicted molar refractivity (Wildman–Crippen MR) is 81.5 cm³/mol. The third-order valence-corrected chi connectivity index (χ3v) is 4.34. The number of aryl methyl sites for hydroxylation is 1. The number of hydrogen-bond donors (Lipinski definition) is 1. The second-order valence-electron chi connectivity index (χ2n) is 5.92. The van der Waals surface area contributed by atoms with Crippen molar-refractivity contribution in [2.45, 2.75) is 40.7 Å².